The second-order valence-electron chi connectivity index (χ2n) is 11.9. The number of piperidine rings is 2. The van der Waals surface area contributed by atoms with Crippen molar-refractivity contribution in [1.82, 2.24) is 14.5 Å². The monoisotopic (exact) mass is 609 g/mol. The fourth-order valence-electron chi connectivity index (χ4n) is 7.10. The van der Waals surface area contributed by atoms with Gasteiger partial charge in [0.25, 0.3) is 0 Å². The summed E-state index contributed by atoms with van der Waals surface area (Å²) in [5.41, 5.74) is 6.80. The maximum atomic E-state index is 6.28. The molecule has 0 amide bonds. The summed E-state index contributed by atoms with van der Waals surface area (Å²) in [7, 11) is 0. The quantitative estimate of drug-likeness (QED) is 0.148. The van der Waals surface area contributed by atoms with Crippen LogP contribution in [0.1, 0.15) is 44.9 Å². The molecule has 0 radical (unpaired) electrons. The van der Waals surface area contributed by atoms with Gasteiger partial charge in [0.1, 0.15) is 0 Å². The first-order chi connectivity index (χ1) is 21.1. The summed E-state index contributed by atoms with van der Waals surface area (Å²) in [6, 6.07) is 29.2. The highest BCUT2D eigenvalue weighted by molar-refractivity contribution is 6.30. The molecule has 0 spiro atoms. The summed E-state index contributed by atoms with van der Waals surface area (Å²) >= 11 is 12.5. The van der Waals surface area contributed by atoms with E-state index in [1.807, 2.05) is 42.5 Å². The highest BCUT2D eigenvalue weighted by Gasteiger charge is 2.32. The van der Waals surface area contributed by atoms with Crippen LogP contribution in [0, 0.1) is 5.92 Å². The number of para-hydroxylation sites is 2. The van der Waals surface area contributed by atoms with Crippen LogP contribution in [-0.4, -0.2) is 40.1 Å². The molecule has 2 atom stereocenters. The Morgan fingerprint density at radius 2 is 1.60 bits per heavy atom. The van der Waals surface area contributed by atoms with E-state index in [0.717, 1.165) is 69.8 Å². The number of nitrogens with zero attached hydrogens (tertiary/aromatic N) is 4. The predicted octanol–water partition coefficient (Wildman–Crippen LogP) is 9.13. The fraction of sp³-hybridized carbons (Fsp3) is 0.333. The Hall–Kier alpha value is -3.38. The number of rotatable bonds is 7. The van der Waals surface area contributed by atoms with Crippen LogP contribution >= 0.6 is 23.2 Å². The molecular weight excluding hydrogens is 573 g/mol. The largest absolute Gasteiger partial charge is 0.354 e. The third-order valence-electron chi connectivity index (χ3n) is 9.15. The minimum Gasteiger partial charge on any atom is -0.354 e. The van der Waals surface area contributed by atoms with Gasteiger partial charge >= 0.3 is 0 Å². The lowest BCUT2D eigenvalue weighted by Crippen LogP contribution is -2.47. The summed E-state index contributed by atoms with van der Waals surface area (Å²) in [5.74, 6) is 0.801. The van der Waals surface area contributed by atoms with Crippen LogP contribution in [0.15, 0.2) is 89.9 Å². The van der Waals surface area contributed by atoms with Gasteiger partial charge in [0.15, 0.2) is 0 Å². The molecule has 0 saturated carbocycles. The number of nitrogens with one attached hydrogen (secondary N) is 1. The van der Waals surface area contributed by atoms with Crippen molar-refractivity contribution in [3.8, 4) is 17.1 Å². The van der Waals surface area contributed by atoms with E-state index in [4.69, 9.17) is 33.2 Å². The van der Waals surface area contributed by atoms with Gasteiger partial charge in [-0.05, 0) is 130 Å². The fourth-order valence-corrected chi connectivity index (χ4v) is 7.35. The molecule has 0 aromatic heterocycles. The van der Waals surface area contributed by atoms with Crippen LogP contribution < -0.4 is 10.7 Å². The van der Waals surface area contributed by atoms with E-state index >= 15 is 0 Å². The molecule has 3 aromatic carbocycles. The Labute approximate surface area is 263 Å². The maximum absolute atomic E-state index is 6.28. The lowest BCUT2D eigenvalue weighted by Gasteiger charge is -2.44. The number of hydrogen-bond acceptors (Lipinski definition) is 4. The first kappa shape index (κ1) is 28.4. The zero-order valence-electron chi connectivity index (χ0n) is 24.4. The minimum absolute atomic E-state index is 0.713. The molecule has 3 heterocycles. The molecule has 1 aliphatic carbocycles. The van der Waals surface area contributed by atoms with E-state index in [1.165, 1.54) is 51.6 Å². The molecule has 0 bridgehead atoms. The molecule has 43 heavy (non-hydrogen) atoms. The summed E-state index contributed by atoms with van der Waals surface area (Å²) < 4.78 is 2.26. The third kappa shape index (κ3) is 6.17. The number of aromatic nitrogens is 2. The van der Waals surface area contributed by atoms with Gasteiger partial charge in [0.05, 0.1) is 33.5 Å². The molecule has 2 saturated heterocycles. The van der Waals surface area contributed by atoms with E-state index in [9.17, 15) is 0 Å². The molecule has 5 nitrogen and oxygen atoms in total. The Morgan fingerprint density at radius 1 is 0.837 bits per heavy atom. The zero-order chi connectivity index (χ0) is 29.2. The predicted molar refractivity (Wildman–Crippen MR) is 179 cm³/mol. The molecule has 3 aliphatic heterocycles. The standard InChI is InChI=1S/C36H37Cl2N5/c37-26-12-16-28(17-13-26)40-32-23-33-36(43(29-18-14-27(38)15-19-29)35-11-2-1-9-30(35)41-33)24-31(32)39-20-5-7-25-8-6-22-42-21-4-3-10-34(25)42/h1-2,9,11-19,23-25,34,40H,3-8,10,20-22H2/t25-,34+/m1/s1. The molecular formula is C36H37Cl2N5. The molecule has 1 N–H and O–H groups in total. The van der Waals surface area contributed by atoms with Gasteiger partial charge in [0, 0.05) is 34.0 Å². The van der Waals surface area contributed by atoms with Crippen LogP contribution in [0.25, 0.3) is 28.1 Å². The average Bonchev–Trinajstić information content (AvgIpc) is 3.04. The van der Waals surface area contributed by atoms with E-state index in [-0.39, 0.29) is 0 Å². The molecule has 2 fully saturated rings. The van der Waals surface area contributed by atoms with Crippen molar-refractivity contribution in [2.24, 2.45) is 10.9 Å². The summed E-state index contributed by atoms with van der Waals surface area (Å²) in [6.45, 7) is 3.38. The van der Waals surface area contributed by atoms with Crippen molar-refractivity contribution in [3.63, 3.8) is 0 Å². The third-order valence-corrected chi connectivity index (χ3v) is 9.65. The lowest BCUT2D eigenvalue weighted by molar-refractivity contribution is 0.0552. The molecule has 4 aliphatic rings. The van der Waals surface area contributed by atoms with Crippen molar-refractivity contribution in [1.29, 1.82) is 0 Å². The SMILES string of the molecule is Clc1ccc(Nc2cc3nc4ccccc4n(-c4ccc(Cl)cc4)c-3cc2=NCCC[C@@H]2CCCN3CCCC[C@@H]23)cc1. The summed E-state index contributed by atoms with van der Waals surface area (Å²) in [4.78, 5) is 13.1. The van der Waals surface area contributed by atoms with Crippen LogP contribution in [0.2, 0.25) is 10.0 Å². The highest BCUT2D eigenvalue weighted by atomic mass is 35.5. The van der Waals surface area contributed by atoms with Crippen LogP contribution in [-0.2, 0) is 0 Å². The van der Waals surface area contributed by atoms with Crippen LogP contribution in [0.5, 0.6) is 0 Å². The minimum atomic E-state index is 0.713. The van der Waals surface area contributed by atoms with Crippen molar-refractivity contribution in [3.05, 3.63) is 100 Å². The normalized spacial score (nSPS) is 19.5. The van der Waals surface area contributed by atoms with Gasteiger partial charge in [0.2, 0.25) is 0 Å². The second-order valence-corrected chi connectivity index (χ2v) is 12.8. The smallest absolute Gasteiger partial charge is 0.0900 e. The van der Waals surface area contributed by atoms with Crippen molar-refractivity contribution < 1.29 is 0 Å². The van der Waals surface area contributed by atoms with E-state index in [2.05, 4.69) is 57.2 Å². The second kappa shape index (κ2) is 12.7. The van der Waals surface area contributed by atoms with Gasteiger partial charge in [-0.15, -0.1) is 0 Å². The average molecular weight is 611 g/mol. The lowest BCUT2D eigenvalue weighted by atomic mass is 9.81. The highest BCUT2D eigenvalue weighted by Crippen LogP contribution is 2.34. The first-order valence-electron chi connectivity index (χ1n) is 15.6. The van der Waals surface area contributed by atoms with Crippen molar-refractivity contribution in [2.75, 3.05) is 25.0 Å². The van der Waals surface area contributed by atoms with Crippen molar-refractivity contribution >= 4 is 45.6 Å². The van der Waals surface area contributed by atoms with Crippen LogP contribution in [0.3, 0.4) is 0 Å². The molecule has 7 rings (SSSR count). The van der Waals surface area contributed by atoms with Gasteiger partial charge in [-0.3, -0.25) is 4.99 Å². The number of hydrogen-bond donors (Lipinski definition) is 1. The molecule has 0 unspecified atom stereocenters. The Balaban J connectivity index is 1.28. The Bertz CT molecular complexity index is 1740. The topological polar surface area (TPSA) is 45.5 Å². The zero-order valence-corrected chi connectivity index (χ0v) is 25.9. The summed E-state index contributed by atoms with van der Waals surface area (Å²) in [5, 5.41) is 5.97. The van der Waals surface area contributed by atoms with Crippen LogP contribution in [0.4, 0.5) is 11.4 Å². The number of fused-ring (bicyclic) bond motifs is 3. The van der Waals surface area contributed by atoms with Crippen molar-refractivity contribution in [2.45, 2.75) is 51.0 Å². The number of anilines is 2. The molecule has 220 valence electrons. The number of halogens is 2. The molecule has 7 heteroatoms. The van der Waals surface area contributed by atoms with Gasteiger partial charge in [-0.2, -0.15) is 0 Å². The first-order valence-corrected chi connectivity index (χ1v) is 16.4. The Morgan fingerprint density at radius 3 is 2.44 bits per heavy atom. The van der Waals surface area contributed by atoms with Gasteiger partial charge in [-0.1, -0.05) is 41.8 Å². The van der Waals surface area contributed by atoms with E-state index in [1.54, 1.807) is 0 Å². The van der Waals surface area contributed by atoms with E-state index in [0.29, 0.717) is 10.0 Å². The van der Waals surface area contributed by atoms with Gasteiger partial charge < -0.3 is 14.8 Å². The molecule has 3 aromatic rings. The Kier molecular flexibility index (Phi) is 8.38. The van der Waals surface area contributed by atoms with Gasteiger partial charge in [-0.25, -0.2) is 4.98 Å². The number of benzene rings is 4. The maximum Gasteiger partial charge on any atom is 0.0900 e. The summed E-state index contributed by atoms with van der Waals surface area (Å²) in [6.07, 6.45) is 9.16. The van der Waals surface area contributed by atoms with E-state index < -0.39 is 0 Å².